The van der Waals surface area contributed by atoms with Crippen LogP contribution >= 0.6 is 0 Å². The topological polar surface area (TPSA) is 39.3 Å². The average Bonchev–Trinajstić information content (AvgIpc) is 2.92. The Labute approximate surface area is 143 Å². The van der Waals surface area contributed by atoms with Gasteiger partial charge < -0.3 is 9.88 Å². The molecule has 4 heteroatoms. The number of piperidine rings is 1. The van der Waals surface area contributed by atoms with E-state index in [0.29, 0.717) is 6.54 Å². The highest BCUT2D eigenvalue weighted by atomic mass is 16.2. The third-order valence-corrected chi connectivity index (χ3v) is 5.58. The first-order valence-corrected chi connectivity index (χ1v) is 9.20. The fraction of sp³-hybridized carbons (Fsp3) is 0.550. The van der Waals surface area contributed by atoms with Gasteiger partial charge in [-0.05, 0) is 44.4 Å². The largest absolute Gasteiger partial charge is 0.358 e. The molecule has 3 heterocycles. The molecular formula is C20H27N3O. The van der Waals surface area contributed by atoms with Crippen molar-refractivity contribution in [1.82, 2.24) is 14.8 Å². The summed E-state index contributed by atoms with van der Waals surface area (Å²) in [7, 11) is 0. The molecule has 1 fully saturated rings. The number of carbonyl (C=O) groups is 1. The molecule has 0 spiro atoms. The van der Waals surface area contributed by atoms with Gasteiger partial charge in [-0.3, -0.25) is 9.69 Å². The maximum absolute atomic E-state index is 12.8. The zero-order valence-corrected chi connectivity index (χ0v) is 14.8. The van der Waals surface area contributed by atoms with Crippen molar-refractivity contribution in [3.05, 3.63) is 35.0 Å². The number of nitrogens with one attached hydrogen (secondary N) is 1. The molecule has 0 saturated carbocycles. The van der Waals surface area contributed by atoms with Gasteiger partial charge in [0, 0.05) is 48.2 Å². The predicted molar refractivity (Wildman–Crippen MR) is 97.0 cm³/mol. The van der Waals surface area contributed by atoms with E-state index in [1.807, 2.05) is 0 Å². The van der Waals surface area contributed by atoms with Crippen LogP contribution in [0.4, 0.5) is 0 Å². The lowest BCUT2D eigenvalue weighted by molar-refractivity contribution is -0.133. The van der Waals surface area contributed by atoms with Crippen molar-refractivity contribution in [2.75, 3.05) is 26.2 Å². The van der Waals surface area contributed by atoms with Crippen LogP contribution < -0.4 is 0 Å². The number of benzene rings is 1. The number of hydrogen-bond acceptors (Lipinski definition) is 2. The number of nitrogens with zero attached hydrogens (tertiary/aromatic N) is 2. The standard InChI is InChI=1S/C20H27N3O/c1-14-5-6-18-16(10-14)17-12-23(9-7-19(17)21-18)20(24)13-22-8-3-4-15(2)11-22/h5-6,10,15,21H,3-4,7-9,11-13H2,1-2H3. The first kappa shape index (κ1) is 15.7. The number of aryl methyl sites for hydroxylation is 1. The van der Waals surface area contributed by atoms with Crippen molar-refractivity contribution < 1.29 is 4.79 Å². The Bertz CT molecular complexity index is 764. The van der Waals surface area contributed by atoms with Gasteiger partial charge in [-0.1, -0.05) is 18.6 Å². The third-order valence-electron chi connectivity index (χ3n) is 5.58. The van der Waals surface area contributed by atoms with Gasteiger partial charge in [0.25, 0.3) is 0 Å². The molecule has 1 unspecified atom stereocenters. The molecule has 2 aliphatic heterocycles. The van der Waals surface area contributed by atoms with E-state index in [9.17, 15) is 4.79 Å². The Kier molecular flexibility index (Phi) is 4.09. The van der Waals surface area contributed by atoms with Crippen LogP contribution in [0.15, 0.2) is 18.2 Å². The van der Waals surface area contributed by atoms with Crippen molar-refractivity contribution in [1.29, 1.82) is 0 Å². The maximum Gasteiger partial charge on any atom is 0.237 e. The second kappa shape index (κ2) is 6.25. The van der Waals surface area contributed by atoms with E-state index < -0.39 is 0 Å². The zero-order chi connectivity index (χ0) is 16.7. The maximum atomic E-state index is 12.8. The van der Waals surface area contributed by atoms with Gasteiger partial charge in [-0.15, -0.1) is 0 Å². The number of likely N-dealkylation sites (tertiary alicyclic amines) is 1. The Morgan fingerprint density at radius 2 is 2.21 bits per heavy atom. The minimum atomic E-state index is 0.289. The molecule has 4 nitrogen and oxygen atoms in total. The first-order chi connectivity index (χ1) is 11.6. The Morgan fingerprint density at radius 3 is 3.04 bits per heavy atom. The number of hydrogen-bond donors (Lipinski definition) is 1. The predicted octanol–water partition coefficient (Wildman–Crippen LogP) is 3.09. The number of carbonyl (C=O) groups excluding carboxylic acids is 1. The van der Waals surface area contributed by atoms with E-state index in [0.717, 1.165) is 38.5 Å². The van der Waals surface area contributed by atoms with E-state index in [1.54, 1.807) is 0 Å². The van der Waals surface area contributed by atoms with Crippen molar-refractivity contribution in [3.63, 3.8) is 0 Å². The van der Waals surface area contributed by atoms with Gasteiger partial charge in [0.05, 0.1) is 6.54 Å². The molecule has 1 saturated heterocycles. The van der Waals surface area contributed by atoms with Crippen molar-refractivity contribution >= 4 is 16.8 Å². The van der Waals surface area contributed by atoms with Crippen LogP contribution in [0.5, 0.6) is 0 Å². The van der Waals surface area contributed by atoms with Crippen molar-refractivity contribution in [2.24, 2.45) is 5.92 Å². The smallest absolute Gasteiger partial charge is 0.237 e. The minimum Gasteiger partial charge on any atom is -0.358 e. The van der Waals surface area contributed by atoms with Gasteiger partial charge in [-0.25, -0.2) is 0 Å². The highest BCUT2D eigenvalue weighted by molar-refractivity contribution is 5.87. The molecule has 2 aromatic rings. The van der Waals surface area contributed by atoms with Gasteiger partial charge in [0.2, 0.25) is 5.91 Å². The summed E-state index contributed by atoms with van der Waals surface area (Å²) >= 11 is 0. The number of H-pyrrole nitrogens is 1. The van der Waals surface area contributed by atoms with E-state index in [4.69, 9.17) is 0 Å². The third kappa shape index (κ3) is 2.95. The lowest BCUT2D eigenvalue weighted by Gasteiger charge is -2.33. The molecule has 24 heavy (non-hydrogen) atoms. The van der Waals surface area contributed by atoms with E-state index >= 15 is 0 Å². The van der Waals surface area contributed by atoms with Crippen molar-refractivity contribution in [2.45, 2.75) is 39.7 Å². The zero-order valence-electron chi connectivity index (χ0n) is 14.8. The van der Waals surface area contributed by atoms with E-state index in [-0.39, 0.29) is 5.91 Å². The summed E-state index contributed by atoms with van der Waals surface area (Å²) in [5.41, 5.74) is 5.10. The monoisotopic (exact) mass is 325 g/mol. The molecule has 4 rings (SSSR count). The number of aromatic nitrogens is 1. The molecule has 0 bridgehead atoms. The summed E-state index contributed by atoms with van der Waals surface area (Å²) in [4.78, 5) is 20.7. The number of amides is 1. The number of aromatic amines is 1. The highest BCUT2D eigenvalue weighted by Crippen LogP contribution is 2.28. The van der Waals surface area contributed by atoms with Gasteiger partial charge >= 0.3 is 0 Å². The van der Waals surface area contributed by atoms with Crippen LogP contribution in [-0.4, -0.2) is 46.9 Å². The first-order valence-electron chi connectivity index (χ1n) is 9.20. The molecule has 1 amide bonds. The number of fused-ring (bicyclic) bond motifs is 3. The highest BCUT2D eigenvalue weighted by Gasteiger charge is 2.26. The second-order valence-electron chi connectivity index (χ2n) is 7.68. The van der Waals surface area contributed by atoms with Crippen molar-refractivity contribution in [3.8, 4) is 0 Å². The summed E-state index contributed by atoms with van der Waals surface area (Å²) in [6.07, 6.45) is 3.46. The van der Waals surface area contributed by atoms with Gasteiger partial charge in [0.15, 0.2) is 0 Å². The van der Waals surface area contributed by atoms with Crippen LogP contribution in [0, 0.1) is 12.8 Å². The van der Waals surface area contributed by atoms with Crippen LogP contribution in [0.3, 0.4) is 0 Å². The summed E-state index contributed by atoms with van der Waals surface area (Å²) in [5, 5.41) is 1.29. The summed E-state index contributed by atoms with van der Waals surface area (Å²) in [6.45, 7) is 8.72. The summed E-state index contributed by atoms with van der Waals surface area (Å²) in [6, 6.07) is 6.54. The number of rotatable bonds is 2. The fourth-order valence-corrected chi connectivity index (χ4v) is 4.26. The SMILES string of the molecule is Cc1ccc2[nH]c3c(c2c1)CN(C(=O)CN1CCCC(C)C1)CC3. The Morgan fingerprint density at radius 1 is 1.33 bits per heavy atom. The van der Waals surface area contributed by atoms with E-state index in [1.165, 1.54) is 40.6 Å². The quantitative estimate of drug-likeness (QED) is 0.921. The molecule has 0 aliphatic carbocycles. The Hall–Kier alpha value is -1.81. The molecular weight excluding hydrogens is 298 g/mol. The van der Waals surface area contributed by atoms with Crippen LogP contribution in [0.1, 0.15) is 36.6 Å². The second-order valence-corrected chi connectivity index (χ2v) is 7.68. The Balaban J connectivity index is 1.50. The van der Waals surface area contributed by atoms with E-state index in [2.05, 4.69) is 46.8 Å². The summed E-state index contributed by atoms with van der Waals surface area (Å²) < 4.78 is 0. The lowest BCUT2D eigenvalue weighted by Crippen LogP contribution is -2.45. The van der Waals surface area contributed by atoms with Gasteiger partial charge in [-0.2, -0.15) is 0 Å². The molecule has 128 valence electrons. The van der Waals surface area contributed by atoms with Crippen LogP contribution in [0.25, 0.3) is 10.9 Å². The molecule has 1 aromatic carbocycles. The van der Waals surface area contributed by atoms with Crippen LogP contribution in [-0.2, 0) is 17.8 Å². The lowest BCUT2D eigenvalue weighted by atomic mass is 10.00. The molecule has 1 aromatic heterocycles. The van der Waals surface area contributed by atoms with Crippen LogP contribution in [0.2, 0.25) is 0 Å². The average molecular weight is 325 g/mol. The molecule has 0 radical (unpaired) electrons. The molecule has 1 N–H and O–H groups in total. The van der Waals surface area contributed by atoms with Gasteiger partial charge in [0.1, 0.15) is 0 Å². The normalized spacial score (nSPS) is 21.9. The minimum absolute atomic E-state index is 0.289. The fourth-order valence-electron chi connectivity index (χ4n) is 4.26. The molecule has 1 atom stereocenters. The molecule has 2 aliphatic rings. The summed E-state index contributed by atoms with van der Waals surface area (Å²) in [5.74, 6) is 1.01.